The number of fused-ring (bicyclic) bond motifs is 1. The third-order valence-corrected chi connectivity index (χ3v) is 5.06. The molecule has 3 heterocycles. The molecule has 1 aliphatic rings. The van der Waals surface area contributed by atoms with Crippen LogP contribution in [0.15, 0.2) is 22.9 Å². The molecule has 9 nitrogen and oxygen atoms in total. The van der Waals surface area contributed by atoms with Crippen LogP contribution in [0.5, 0.6) is 0 Å². The van der Waals surface area contributed by atoms with Crippen molar-refractivity contribution >= 4 is 33.5 Å². The number of aliphatic hydroxyl groups excluding tert-OH is 1. The van der Waals surface area contributed by atoms with Crippen LogP contribution in [0, 0.1) is 0 Å². The third-order valence-electron chi connectivity index (χ3n) is 4.50. The van der Waals surface area contributed by atoms with E-state index in [1.807, 2.05) is 33.0 Å². The van der Waals surface area contributed by atoms with E-state index in [1.54, 1.807) is 15.6 Å². The quantitative estimate of drug-likeness (QED) is 0.710. The van der Waals surface area contributed by atoms with Crippen molar-refractivity contribution in [1.29, 1.82) is 0 Å². The van der Waals surface area contributed by atoms with Crippen LogP contribution < -0.4 is 5.32 Å². The highest BCUT2D eigenvalue weighted by Gasteiger charge is 2.31. The SMILES string of the molecule is CC(C)(C)OC(=O)N1CCN(CCNc2ccn3ncc(Br)c3n2)[C@H](CO)C1. The number of rotatable bonds is 5. The Bertz CT molecular complexity index is 821. The number of hydrogen-bond acceptors (Lipinski definition) is 7. The van der Waals surface area contributed by atoms with E-state index in [0.717, 1.165) is 22.5 Å². The standard InChI is InChI=1S/C18H27BrN6O3/c1-18(2,3)28-17(27)24-9-8-23(13(11-24)12-26)7-5-20-15-4-6-25-16(22-15)14(19)10-21-25/h4,6,10,13,26H,5,7-9,11-12H2,1-3H3,(H,20,22)/t13-/m0/s1. The smallest absolute Gasteiger partial charge is 0.410 e. The Kier molecular flexibility index (Phi) is 6.41. The fraction of sp³-hybridized carbons (Fsp3) is 0.611. The number of ether oxygens (including phenoxy) is 1. The molecule has 1 amide bonds. The summed E-state index contributed by atoms with van der Waals surface area (Å²) in [4.78, 5) is 20.6. The van der Waals surface area contributed by atoms with Crippen molar-refractivity contribution in [3.05, 3.63) is 22.9 Å². The van der Waals surface area contributed by atoms with Crippen molar-refractivity contribution in [2.24, 2.45) is 0 Å². The topological polar surface area (TPSA) is 95.2 Å². The van der Waals surface area contributed by atoms with Crippen LogP contribution in [0.3, 0.4) is 0 Å². The number of amides is 1. The van der Waals surface area contributed by atoms with Gasteiger partial charge in [0.2, 0.25) is 0 Å². The Balaban J connectivity index is 1.51. The number of nitrogens with zero attached hydrogens (tertiary/aromatic N) is 5. The zero-order chi connectivity index (χ0) is 20.3. The summed E-state index contributed by atoms with van der Waals surface area (Å²) < 4.78 is 7.98. The lowest BCUT2D eigenvalue weighted by Gasteiger charge is -2.40. The van der Waals surface area contributed by atoms with Crippen molar-refractivity contribution in [3.63, 3.8) is 0 Å². The number of halogens is 1. The fourth-order valence-corrected chi connectivity index (χ4v) is 3.48. The van der Waals surface area contributed by atoms with Gasteiger partial charge in [-0.05, 0) is 42.8 Å². The lowest BCUT2D eigenvalue weighted by Crippen LogP contribution is -2.57. The van der Waals surface area contributed by atoms with Crippen molar-refractivity contribution < 1.29 is 14.6 Å². The summed E-state index contributed by atoms with van der Waals surface area (Å²) in [6.07, 6.45) is 3.24. The lowest BCUT2D eigenvalue weighted by molar-refractivity contribution is -0.00336. The van der Waals surface area contributed by atoms with Crippen LogP contribution in [0.4, 0.5) is 10.6 Å². The van der Waals surface area contributed by atoms with E-state index >= 15 is 0 Å². The van der Waals surface area contributed by atoms with Gasteiger partial charge >= 0.3 is 6.09 Å². The maximum atomic E-state index is 12.3. The molecule has 0 aliphatic carbocycles. The van der Waals surface area contributed by atoms with Crippen molar-refractivity contribution in [2.75, 3.05) is 44.6 Å². The van der Waals surface area contributed by atoms with E-state index in [2.05, 4.69) is 36.2 Å². The monoisotopic (exact) mass is 454 g/mol. The van der Waals surface area contributed by atoms with Gasteiger partial charge in [0, 0.05) is 38.9 Å². The number of aromatic nitrogens is 3. The highest BCUT2D eigenvalue weighted by molar-refractivity contribution is 9.10. The number of aliphatic hydroxyl groups is 1. The second-order valence-corrected chi connectivity index (χ2v) is 8.65. The number of piperazine rings is 1. The maximum absolute atomic E-state index is 12.3. The molecule has 28 heavy (non-hydrogen) atoms. The molecular weight excluding hydrogens is 428 g/mol. The van der Waals surface area contributed by atoms with Crippen LogP contribution in [0.1, 0.15) is 20.8 Å². The van der Waals surface area contributed by atoms with Crippen LogP contribution in [-0.4, -0.2) is 86.6 Å². The van der Waals surface area contributed by atoms with E-state index in [-0.39, 0.29) is 18.7 Å². The second-order valence-electron chi connectivity index (χ2n) is 7.80. The zero-order valence-corrected chi connectivity index (χ0v) is 18.0. The van der Waals surface area contributed by atoms with Gasteiger partial charge in [-0.25, -0.2) is 14.3 Å². The highest BCUT2D eigenvalue weighted by Crippen LogP contribution is 2.17. The van der Waals surface area contributed by atoms with Gasteiger partial charge in [0.05, 0.1) is 23.3 Å². The number of carbonyl (C=O) groups excluding carboxylic acids is 1. The summed E-state index contributed by atoms with van der Waals surface area (Å²) in [6.45, 7) is 8.69. The van der Waals surface area contributed by atoms with Gasteiger partial charge in [0.1, 0.15) is 11.4 Å². The van der Waals surface area contributed by atoms with Crippen LogP contribution in [0.2, 0.25) is 0 Å². The van der Waals surface area contributed by atoms with Gasteiger partial charge in [-0.1, -0.05) is 0 Å². The molecule has 0 radical (unpaired) electrons. The third kappa shape index (κ3) is 5.12. The maximum Gasteiger partial charge on any atom is 0.410 e. The molecule has 3 rings (SSSR count). The Morgan fingerprint density at radius 1 is 1.43 bits per heavy atom. The Morgan fingerprint density at radius 2 is 2.21 bits per heavy atom. The minimum atomic E-state index is -0.522. The number of nitrogens with one attached hydrogen (secondary N) is 1. The number of carbonyl (C=O) groups is 1. The molecule has 0 bridgehead atoms. The van der Waals surface area contributed by atoms with Crippen molar-refractivity contribution in [1.82, 2.24) is 24.4 Å². The summed E-state index contributed by atoms with van der Waals surface area (Å²) in [7, 11) is 0. The Morgan fingerprint density at radius 3 is 2.93 bits per heavy atom. The molecule has 1 saturated heterocycles. The average molecular weight is 455 g/mol. The van der Waals surface area contributed by atoms with Gasteiger partial charge in [-0.2, -0.15) is 5.10 Å². The first-order valence-electron chi connectivity index (χ1n) is 9.33. The minimum Gasteiger partial charge on any atom is -0.444 e. The highest BCUT2D eigenvalue weighted by atomic mass is 79.9. The van der Waals surface area contributed by atoms with Crippen molar-refractivity contribution in [3.8, 4) is 0 Å². The van der Waals surface area contributed by atoms with Crippen LogP contribution in [0.25, 0.3) is 5.65 Å². The fourth-order valence-electron chi connectivity index (χ4n) is 3.12. The minimum absolute atomic E-state index is 0.00766. The Hall–Kier alpha value is -1.91. The number of hydrogen-bond donors (Lipinski definition) is 2. The molecule has 0 unspecified atom stereocenters. The summed E-state index contributed by atoms with van der Waals surface area (Å²) in [5, 5.41) is 17.3. The van der Waals surface area contributed by atoms with Gasteiger partial charge in [-0.15, -0.1) is 0 Å². The van der Waals surface area contributed by atoms with E-state index in [0.29, 0.717) is 26.2 Å². The predicted octanol–water partition coefficient (Wildman–Crippen LogP) is 1.82. The molecule has 0 saturated carbocycles. The summed E-state index contributed by atoms with van der Waals surface area (Å²) >= 11 is 3.43. The van der Waals surface area contributed by atoms with E-state index in [4.69, 9.17) is 4.74 Å². The molecule has 10 heteroatoms. The van der Waals surface area contributed by atoms with Gasteiger partial charge in [0.25, 0.3) is 0 Å². The molecule has 0 spiro atoms. The van der Waals surface area contributed by atoms with Gasteiger partial charge in [0.15, 0.2) is 5.65 Å². The van der Waals surface area contributed by atoms with E-state index in [1.165, 1.54) is 0 Å². The van der Waals surface area contributed by atoms with Gasteiger partial charge in [-0.3, -0.25) is 4.90 Å². The van der Waals surface area contributed by atoms with E-state index < -0.39 is 5.60 Å². The Labute approximate surface area is 172 Å². The number of anilines is 1. The van der Waals surface area contributed by atoms with E-state index in [9.17, 15) is 9.90 Å². The van der Waals surface area contributed by atoms with Crippen molar-refractivity contribution in [2.45, 2.75) is 32.4 Å². The van der Waals surface area contributed by atoms with Crippen LogP contribution in [-0.2, 0) is 4.74 Å². The first-order valence-corrected chi connectivity index (χ1v) is 10.1. The molecule has 0 aromatic carbocycles. The first-order chi connectivity index (χ1) is 13.3. The summed E-state index contributed by atoms with van der Waals surface area (Å²) in [5.41, 5.74) is 0.232. The molecule has 1 fully saturated rings. The molecule has 1 atom stereocenters. The molecule has 154 valence electrons. The predicted molar refractivity (Wildman–Crippen MR) is 109 cm³/mol. The molecular formula is C18H27BrN6O3. The summed E-state index contributed by atoms with van der Waals surface area (Å²) in [5.74, 6) is 0.765. The normalized spacial score (nSPS) is 18.5. The average Bonchev–Trinajstić information content (AvgIpc) is 3.01. The summed E-state index contributed by atoms with van der Waals surface area (Å²) in [6, 6.07) is 1.76. The lowest BCUT2D eigenvalue weighted by atomic mass is 10.1. The zero-order valence-electron chi connectivity index (χ0n) is 16.4. The van der Waals surface area contributed by atoms with Gasteiger partial charge < -0.3 is 20.1 Å². The second kappa shape index (κ2) is 8.62. The first kappa shape index (κ1) is 20.8. The molecule has 2 aromatic rings. The molecule has 1 aliphatic heterocycles. The molecule has 2 N–H and O–H groups in total. The van der Waals surface area contributed by atoms with Crippen LogP contribution >= 0.6 is 15.9 Å². The molecule has 2 aromatic heterocycles. The largest absolute Gasteiger partial charge is 0.444 e.